The van der Waals surface area contributed by atoms with Gasteiger partial charge in [0.1, 0.15) is 23.2 Å². The molecule has 1 saturated heterocycles. The number of fused-ring (bicyclic) bond motifs is 8. The van der Waals surface area contributed by atoms with E-state index in [0.29, 0.717) is 17.9 Å². The number of pyridine rings is 1. The Labute approximate surface area is 201 Å². The topological polar surface area (TPSA) is 89.9 Å². The Bertz CT molecular complexity index is 1350. The molecule has 4 aliphatic rings. The Kier molecular flexibility index (Phi) is 5.15. The van der Waals surface area contributed by atoms with Crippen LogP contribution in [0.2, 0.25) is 0 Å². The molecule has 2 aromatic rings. The summed E-state index contributed by atoms with van der Waals surface area (Å²) in [5.74, 6) is -3.52. The fraction of sp³-hybridized carbons (Fsp3) is 0.458. The maximum Gasteiger partial charge on any atom is 0.276 e. The molecule has 3 fully saturated rings. The third-order valence-electron chi connectivity index (χ3n) is 7.65. The van der Waals surface area contributed by atoms with Gasteiger partial charge in [-0.15, -0.1) is 0 Å². The van der Waals surface area contributed by atoms with Crippen LogP contribution in [-0.4, -0.2) is 53.2 Å². The van der Waals surface area contributed by atoms with Crippen LogP contribution in [0.4, 0.5) is 17.6 Å². The average molecular weight is 507 g/mol. The van der Waals surface area contributed by atoms with E-state index < -0.39 is 58.7 Å². The first-order chi connectivity index (χ1) is 17.2. The molecule has 2 saturated carbocycles. The highest BCUT2D eigenvalue weighted by atomic mass is 19.3. The normalized spacial score (nSPS) is 28.3. The molecule has 1 N–H and O–H groups in total. The van der Waals surface area contributed by atoms with Crippen LogP contribution in [0.25, 0.3) is 0 Å². The van der Waals surface area contributed by atoms with Gasteiger partial charge in [-0.1, -0.05) is 6.07 Å². The number of rotatable bonds is 5. The first-order valence-corrected chi connectivity index (χ1v) is 11.5. The second kappa shape index (κ2) is 8.05. The molecule has 2 aliphatic carbocycles. The molecule has 2 bridgehead atoms. The van der Waals surface area contributed by atoms with Crippen LogP contribution >= 0.6 is 0 Å². The molecule has 2 unspecified atom stereocenters. The highest BCUT2D eigenvalue weighted by molar-refractivity contribution is 5.99. The van der Waals surface area contributed by atoms with E-state index in [1.54, 1.807) is 4.90 Å². The summed E-state index contributed by atoms with van der Waals surface area (Å²) in [5, 5.41) is 1.96. The Morgan fingerprint density at radius 3 is 2.67 bits per heavy atom. The van der Waals surface area contributed by atoms with E-state index in [2.05, 4.69) is 0 Å². The van der Waals surface area contributed by atoms with Crippen molar-refractivity contribution in [2.75, 3.05) is 7.11 Å². The second-order valence-electron chi connectivity index (χ2n) is 9.57. The fourth-order valence-electron chi connectivity index (χ4n) is 5.96. The van der Waals surface area contributed by atoms with E-state index >= 15 is 0 Å². The molecular weight excluding hydrogens is 486 g/mol. The van der Waals surface area contributed by atoms with Gasteiger partial charge in [0.2, 0.25) is 5.43 Å². The largest absolute Gasteiger partial charge is 0.491 e. The van der Waals surface area contributed by atoms with Crippen molar-refractivity contribution in [1.29, 1.82) is 0 Å². The van der Waals surface area contributed by atoms with Crippen LogP contribution in [0, 0.1) is 23.5 Å². The average Bonchev–Trinajstić information content (AvgIpc) is 3.58. The summed E-state index contributed by atoms with van der Waals surface area (Å²) in [6, 6.07) is -0.123. The van der Waals surface area contributed by atoms with Crippen molar-refractivity contribution in [3.8, 4) is 5.75 Å². The lowest BCUT2D eigenvalue weighted by Gasteiger charge is -2.45. The lowest BCUT2D eigenvalue weighted by molar-refractivity contribution is -0.144. The molecule has 2 amide bonds. The van der Waals surface area contributed by atoms with Gasteiger partial charge in [0.15, 0.2) is 17.7 Å². The first kappa shape index (κ1) is 23.0. The summed E-state index contributed by atoms with van der Waals surface area (Å²) < 4.78 is 67.7. The smallest absolute Gasteiger partial charge is 0.276 e. The number of alkyl halides is 2. The minimum absolute atomic E-state index is 0.0141. The first-order valence-electron chi connectivity index (χ1n) is 11.5. The van der Waals surface area contributed by atoms with Crippen LogP contribution in [0.1, 0.15) is 45.3 Å². The van der Waals surface area contributed by atoms with Gasteiger partial charge in [0, 0.05) is 23.9 Å². The minimum Gasteiger partial charge on any atom is -0.491 e. The van der Waals surface area contributed by atoms with Gasteiger partial charge in [-0.25, -0.2) is 17.6 Å². The molecule has 0 radical (unpaired) electrons. The number of carbonyl (C=O) groups is 2. The molecule has 36 heavy (non-hydrogen) atoms. The Balaban J connectivity index is 1.36. The van der Waals surface area contributed by atoms with E-state index in [4.69, 9.17) is 9.47 Å². The Morgan fingerprint density at radius 2 is 1.97 bits per heavy atom. The van der Waals surface area contributed by atoms with Crippen molar-refractivity contribution < 1.29 is 36.6 Å². The number of benzene rings is 1. The number of hydrogen-bond donors (Lipinski definition) is 1. The molecule has 1 aromatic carbocycles. The molecule has 2 aliphatic heterocycles. The van der Waals surface area contributed by atoms with Crippen molar-refractivity contribution in [2.45, 2.75) is 50.2 Å². The Morgan fingerprint density at radius 1 is 1.19 bits per heavy atom. The van der Waals surface area contributed by atoms with Crippen molar-refractivity contribution in [3.05, 3.63) is 63.1 Å². The molecule has 8 nitrogen and oxygen atoms in total. The highest BCUT2D eigenvalue weighted by Gasteiger charge is 2.63. The van der Waals surface area contributed by atoms with Gasteiger partial charge < -0.3 is 24.3 Å². The molecule has 6 atom stereocenters. The van der Waals surface area contributed by atoms with Crippen molar-refractivity contribution in [3.63, 3.8) is 0 Å². The minimum atomic E-state index is -3.26. The number of methoxy groups -OCH3 is 1. The summed E-state index contributed by atoms with van der Waals surface area (Å²) in [5.41, 5.74) is -2.21. The molecule has 6 rings (SSSR count). The van der Waals surface area contributed by atoms with Crippen LogP contribution in [0.5, 0.6) is 5.75 Å². The van der Waals surface area contributed by atoms with E-state index in [1.807, 2.05) is 5.32 Å². The van der Waals surface area contributed by atoms with Gasteiger partial charge in [0.05, 0.1) is 19.8 Å². The maximum absolute atomic E-state index is 14.2. The SMILES string of the molecule is COc1c2n(cc(C(=O)N[C@@H](c3ccc(F)cc3F)C(F)F)c1=O)C[C@@H]1OC3CC([C@H]4C[C@@H]34)N1C2=O. The van der Waals surface area contributed by atoms with Crippen molar-refractivity contribution >= 4 is 11.8 Å². The van der Waals surface area contributed by atoms with E-state index in [1.165, 1.54) is 11.7 Å². The number of nitrogens with zero attached hydrogens (tertiary/aromatic N) is 2. The van der Waals surface area contributed by atoms with Gasteiger partial charge in [0.25, 0.3) is 18.2 Å². The van der Waals surface area contributed by atoms with E-state index in [-0.39, 0.29) is 30.1 Å². The van der Waals surface area contributed by atoms with E-state index in [0.717, 1.165) is 31.2 Å². The van der Waals surface area contributed by atoms with Crippen molar-refractivity contribution in [2.24, 2.45) is 11.8 Å². The predicted molar refractivity (Wildman–Crippen MR) is 115 cm³/mol. The van der Waals surface area contributed by atoms with Crippen LogP contribution in [0.15, 0.2) is 29.2 Å². The molecule has 3 heterocycles. The molecule has 1 aromatic heterocycles. The van der Waals surface area contributed by atoms with Gasteiger partial charge in [-0.3, -0.25) is 14.4 Å². The molecular formula is C24H21F4N3O5. The molecule has 0 spiro atoms. The molecule has 190 valence electrons. The quantitative estimate of drug-likeness (QED) is 0.629. The number of aromatic nitrogens is 1. The number of amides is 2. The summed E-state index contributed by atoms with van der Waals surface area (Å²) in [7, 11) is 1.17. The maximum atomic E-state index is 14.2. The Hall–Kier alpha value is -3.41. The summed E-state index contributed by atoms with van der Waals surface area (Å²) in [6.45, 7) is 0.120. The molecule has 12 heteroatoms. The summed E-state index contributed by atoms with van der Waals surface area (Å²) in [6.07, 6.45) is -0.962. The van der Waals surface area contributed by atoms with Crippen molar-refractivity contribution in [1.82, 2.24) is 14.8 Å². The zero-order valence-electron chi connectivity index (χ0n) is 18.9. The zero-order chi connectivity index (χ0) is 25.5. The van der Waals surface area contributed by atoms with Crippen LogP contribution in [-0.2, 0) is 11.3 Å². The number of hydrogen-bond acceptors (Lipinski definition) is 5. The number of halogens is 4. The number of nitrogens with one attached hydrogen (secondary N) is 1. The van der Waals surface area contributed by atoms with Gasteiger partial charge in [-0.05, 0) is 30.7 Å². The number of carbonyl (C=O) groups excluding carboxylic acids is 2. The fourth-order valence-corrected chi connectivity index (χ4v) is 5.96. The second-order valence-corrected chi connectivity index (χ2v) is 9.57. The summed E-state index contributed by atoms with van der Waals surface area (Å²) in [4.78, 5) is 41.2. The monoisotopic (exact) mass is 507 g/mol. The lowest BCUT2D eigenvalue weighted by Crippen LogP contribution is -2.58. The highest BCUT2D eigenvalue weighted by Crippen LogP contribution is 2.58. The van der Waals surface area contributed by atoms with Gasteiger partial charge in [-0.2, -0.15) is 0 Å². The standard InChI is InChI=1S/C24H21F4N3O5/c1-35-21-19-24(34)31-15-6-16(12-5-11(12)15)36-17(31)8-30(19)7-13(20(21)32)23(33)29-18(22(27)28)10-3-2-9(25)4-14(10)26/h2-4,7,11-12,15-18,22H,5-6,8H2,1H3,(H,29,33)/t11-,12+,15?,16?,17-,18-/m0/s1. The summed E-state index contributed by atoms with van der Waals surface area (Å²) >= 11 is 0. The third kappa shape index (κ3) is 3.34. The third-order valence-corrected chi connectivity index (χ3v) is 7.65. The zero-order valence-corrected chi connectivity index (χ0v) is 18.9. The lowest BCUT2D eigenvalue weighted by atomic mass is 10.0. The number of ether oxygens (including phenoxy) is 2. The van der Waals surface area contributed by atoms with E-state index in [9.17, 15) is 31.9 Å². The van der Waals surface area contributed by atoms with Crippen LogP contribution in [0.3, 0.4) is 0 Å². The van der Waals surface area contributed by atoms with Crippen LogP contribution < -0.4 is 15.5 Å². The van der Waals surface area contributed by atoms with Gasteiger partial charge >= 0.3 is 0 Å². The predicted octanol–water partition coefficient (Wildman–Crippen LogP) is 2.46.